The summed E-state index contributed by atoms with van der Waals surface area (Å²) in [6.45, 7) is 0. The monoisotopic (exact) mass is 493 g/mol. The van der Waals surface area contributed by atoms with Crippen molar-refractivity contribution in [2.24, 2.45) is 0 Å². The zero-order chi connectivity index (χ0) is 20.6. The Morgan fingerprint density at radius 1 is 0.750 bits per heavy atom. The highest BCUT2D eigenvalue weighted by atomic mass is 35.5. The first kappa shape index (κ1) is 21.5. The zero-order valence-electron chi connectivity index (χ0n) is 14.0. The zero-order valence-corrected chi connectivity index (χ0v) is 18.5. The van der Waals surface area contributed by atoms with E-state index in [0.717, 1.165) is 0 Å². The first-order chi connectivity index (χ1) is 13.2. The van der Waals surface area contributed by atoms with Gasteiger partial charge < -0.3 is 4.74 Å². The normalized spacial score (nSPS) is 10.8. The number of carbonyl (C=O) groups excluding carboxylic acids is 1. The van der Waals surface area contributed by atoms with Gasteiger partial charge in [-0.2, -0.15) is 0 Å². The standard InChI is InChI=1S/C19H9Cl6NO2/c1-28-19(27)11-2-8(9-3-14(22)16(24)5-12(9)20)7-26-18(11)10-4-15(23)17(25)6-13(10)21/h2-7H,1H3. The molecule has 0 fully saturated rings. The van der Waals surface area contributed by atoms with E-state index < -0.39 is 5.97 Å². The first-order valence-electron chi connectivity index (χ1n) is 7.61. The highest BCUT2D eigenvalue weighted by Gasteiger charge is 2.20. The van der Waals surface area contributed by atoms with Crippen LogP contribution in [-0.2, 0) is 4.74 Å². The predicted molar refractivity (Wildman–Crippen MR) is 117 cm³/mol. The summed E-state index contributed by atoms with van der Waals surface area (Å²) >= 11 is 36.7. The molecule has 0 aliphatic rings. The van der Waals surface area contributed by atoms with Crippen LogP contribution in [0.25, 0.3) is 22.4 Å². The van der Waals surface area contributed by atoms with Crippen LogP contribution in [0.4, 0.5) is 0 Å². The molecule has 0 spiro atoms. The van der Waals surface area contributed by atoms with E-state index in [1.165, 1.54) is 31.5 Å². The summed E-state index contributed by atoms with van der Waals surface area (Å²) in [5.74, 6) is -0.609. The number of aromatic nitrogens is 1. The topological polar surface area (TPSA) is 39.2 Å². The Bertz CT molecular complexity index is 1100. The van der Waals surface area contributed by atoms with Crippen LogP contribution in [0.1, 0.15) is 10.4 Å². The maximum atomic E-state index is 12.4. The van der Waals surface area contributed by atoms with Gasteiger partial charge in [-0.15, -0.1) is 0 Å². The summed E-state index contributed by atoms with van der Waals surface area (Å²) in [6, 6.07) is 7.71. The lowest BCUT2D eigenvalue weighted by Gasteiger charge is -2.13. The van der Waals surface area contributed by atoms with Crippen molar-refractivity contribution in [3.8, 4) is 22.4 Å². The molecule has 1 heterocycles. The van der Waals surface area contributed by atoms with Gasteiger partial charge in [0.1, 0.15) is 0 Å². The molecule has 0 saturated heterocycles. The van der Waals surface area contributed by atoms with Crippen LogP contribution in [0, 0.1) is 0 Å². The molecule has 2 aromatic carbocycles. The number of benzene rings is 2. The lowest BCUT2D eigenvalue weighted by atomic mass is 10.0. The van der Waals surface area contributed by atoms with Gasteiger partial charge in [-0.3, -0.25) is 4.98 Å². The maximum Gasteiger partial charge on any atom is 0.340 e. The van der Waals surface area contributed by atoms with E-state index in [-0.39, 0.29) is 26.3 Å². The fourth-order valence-electron chi connectivity index (χ4n) is 2.54. The van der Waals surface area contributed by atoms with Crippen LogP contribution in [0.2, 0.25) is 30.1 Å². The van der Waals surface area contributed by atoms with Crippen molar-refractivity contribution in [1.29, 1.82) is 0 Å². The average molecular weight is 496 g/mol. The molecule has 0 unspecified atom stereocenters. The summed E-state index contributed by atoms with van der Waals surface area (Å²) in [5.41, 5.74) is 1.99. The summed E-state index contributed by atoms with van der Waals surface area (Å²) in [5, 5.41) is 1.83. The fraction of sp³-hybridized carbons (Fsp3) is 0.0526. The molecule has 0 aliphatic carbocycles. The number of halogens is 6. The molecule has 28 heavy (non-hydrogen) atoms. The molecule has 0 radical (unpaired) electrons. The van der Waals surface area contributed by atoms with Crippen molar-refractivity contribution in [2.45, 2.75) is 0 Å². The molecule has 3 nitrogen and oxygen atoms in total. The van der Waals surface area contributed by atoms with E-state index in [9.17, 15) is 4.79 Å². The number of hydrogen-bond acceptors (Lipinski definition) is 3. The van der Waals surface area contributed by atoms with Crippen LogP contribution in [0.15, 0.2) is 36.5 Å². The van der Waals surface area contributed by atoms with E-state index >= 15 is 0 Å². The second kappa shape index (κ2) is 8.66. The summed E-state index contributed by atoms with van der Waals surface area (Å²) in [4.78, 5) is 16.8. The first-order valence-corrected chi connectivity index (χ1v) is 9.88. The van der Waals surface area contributed by atoms with Gasteiger partial charge in [-0.05, 0) is 30.3 Å². The third-order valence-electron chi connectivity index (χ3n) is 3.88. The number of methoxy groups -OCH3 is 1. The van der Waals surface area contributed by atoms with Crippen molar-refractivity contribution >= 4 is 75.6 Å². The second-order valence-electron chi connectivity index (χ2n) is 5.60. The Kier molecular flexibility index (Phi) is 6.65. The number of pyridine rings is 1. The molecule has 0 aliphatic heterocycles. The number of ether oxygens (including phenoxy) is 1. The van der Waals surface area contributed by atoms with Gasteiger partial charge in [-0.25, -0.2) is 4.79 Å². The SMILES string of the molecule is COC(=O)c1cc(-c2cc(Cl)c(Cl)cc2Cl)cnc1-c1cc(Cl)c(Cl)cc1Cl. The molecule has 0 amide bonds. The minimum absolute atomic E-state index is 0.169. The van der Waals surface area contributed by atoms with Gasteiger partial charge in [0.2, 0.25) is 0 Å². The third-order valence-corrected chi connectivity index (χ3v) is 5.95. The van der Waals surface area contributed by atoms with E-state index in [1.807, 2.05) is 0 Å². The Hall–Kier alpha value is -1.20. The van der Waals surface area contributed by atoms with Crippen molar-refractivity contribution in [1.82, 2.24) is 4.98 Å². The van der Waals surface area contributed by atoms with Crippen molar-refractivity contribution in [3.05, 3.63) is 72.2 Å². The Morgan fingerprint density at radius 2 is 1.25 bits per heavy atom. The van der Waals surface area contributed by atoms with Crippen molar-refractivity contribution in [3.63, 3.8) is 0 Å². The Morgan fingerprint density at radius 3 is 1.82 bits per heavy atom. The molecule has 1 aromatic heterocycles. The minimum Gasteiger partial charge on any atom is -0.465 e. The van der Waals surface area contributed by atoms with Crippen LogP contribution in [0.5, 0.6) is 0 Å². The Balaban J connectivity index is 2.24. The fourth-order valence-corrected chi connectivity index (χ4v) is 3.83. The molecule has 9 heteroatoms. The number of carbonyl (C=O) groups is 1. The van der Waals surface area contributed by atoms with Gasteiger partial charge >= 0.3 is 5.97 Å². The molecule has 0 bridgehead atoms. The second-order valence-corrected chi connectivity index (χ2v) is 8.05. The van der Waals surface area contributed by atoms with Crippen LogP contribution < -0.4 is 0 Å². The van der Waals surface area contributed by atoms with Crippen molar-refractivity contribution < 1.29 is 9.53 Å². The number of hydrogen-bond donors (Lipinski definition) is 0. The smallest absolute Gasteiger partial charge is 0.340 e. The molecule has 3 aromatic rings. The van der Waals surface area contributed by atoms with Crippen LogP contribution in [0.3, 0.4) is 0 Å². The lowest BCUT2D eigenvalue weighted by Crippen LogP contribution is -2.06. The highest BCUT2D eigenvalue weighted by Crippen LogP contribution is 2.39. The van der Waals surface area contributed by atoms with Gasteiger partial charge in [0.15, 0.2) is 0 Å². The number of rotatable bonds is 3. The average Bonchev–Trinajstić information content (AvgIpc) is 2.66. The third kappa shape index (κ3) is 4.20. The number of esters is 1. The minimum atomic E-state index is -0.609. The molecule has 0 N–H and O–H groups in total. The van der Waals surface area contributed by atoms with E-state index in [1.54, 1.807) is 12.1 Å². The summed E-state index contributed by atoms with van der Waals surface area (Å²) in [7, 11) is 1.27. The lowest BCUT2D eigenvalue weighted by molar-refractivity contribution is 0.0601. The molecule has 3 rings (SSSR count). The quantitative estimate of drug-likeness (QED) is 0.272. The van der Waals surface area contributed by atoms with Gasteiger partial charge in [0.25, 0.3) is 0 Å². The van der Waals surface area contributed by atoms with E-state index in [4.69, 9.17) is 74.3 Å². The van der Waals surface area contributed by atoms with Gasteiger partial charge in [-0.1, -0.05) is 69.6 Å². The van der Waals surface area contributed by atoms with Crippen molar-refractivity contribution in [2.75, 3.05) is 7.11 Å². The largest absolute Gasteiger partial charge is 0.465 e. The molecular weight excluding hydrogens is 487 g/mol. The van der Waals surface area contributed by atoms with Gasteiger partial charge in [0.05, 0.1) is 48.5 Å². The molecule has 144 valence electrons. The van der Waals surface area contributed by atoms with E-state index in [2.05, 4.69) is 4.98 Å². The number of nitrogens with zero attached hydrogens (tertiary/aromatic N) is 1. The van der Waals surface area contributed by atoms with Crippen LogP contribution >= 0.6 is 69.6 Å². The van der Waals surface area contributed by atoms with E-state index in [0.29, 0.717) is 31.8 Å². The Labute approximate surface area is 191 Å². The van der Waals surface area contributed by atoms with Gasteiger partial charge in [0, 0.05) is 22.9 Å². The molecular formula is C19H9Cl6NO2. The molecule has 0 atom stereocenters. The summed E-state index contributed by atoms with van der Waals surface area (Å²) < 4.78 is 4.89. The maximum absolute atomic E-state index is 12.4. The summed E-state index contributed by atoms with van der Waals surface area (Å²) in [6.07, 6.45) is 1.53. The van der Waals surface area contributed by atoms with Crippen LogP contribution in [-0.4, -0.2) is 18.1 Å². The molecule has 0 saturated carbocycles. The highest BCUT2D eigenvalue weighted by molar-refractivity contribution is 6.44. The predicted octanol–water partition coefficient (Wildman–Crippen LogP) is 8.12.